The molecular weight excluding hydrogens is 192 g/mol. The van der Waals surface area contributed by atoms with Crippen molar-refractivity contribution in [2.24, 2.45) is 5.41 Å². The molecule has 15 heavy (non-hydrogen) atoms. The van der Waals surface area contributed by atoms with Crippen LogP contribution in [0.25, 0.3) is 0 Å². The summed E-state index contributed by atoms with van der Waals surface area (Å²) in [6, 6.07) is 0. The summed E-state index contributed by atoms with van der Waals surface area (Å²) in [6.07, 6.45) is 1.73. The van der Waals surface area contributed by atoms with E-state index in [9.17, 15) is 4.79 Å². The van der Waals surface area contributed by atoms with E-state index in [-0.39, 0.29) is 11.4 Å². The van der Waals surface area contributed by atoms with E-state index in [4.69, 9.17) is 9.47 Å². The Bertz CT molecular complexity index is 224. The van der Waals surface area contributed by atoms with Crippen molar-refractivity contribution in [3.05, 3.63) is 11.6 Å². The van der Waals surface area contributed by atoms with Crippen LogP contribution in [0.5, 0.6) is 0 Å². The molecule has 0 saturated heterocycles. The van der Waals surface area contributed by atoms with E-state index in [1.54, 1.807) is 13.0 Å². The van der Waals surface area contributed by atoms with E-state index in [1.165, 1.54) is 0 Å². The maximum absolute atomic E-state index is 11.2. The van der Waals surface area contributed by atoms with Crippen LogP contribution >= 0.6 is 0 Å². The summed E-state index contributed by atoms with van der Waals surface area (Å²) >= 11 is 0. The Hall–Kier alpha value is -0.830. The molecule has 0 aromatic heterocycles. The van der Waals surface area contributed by atoms with Crippen molar-refractivity contribution in [1.29, 1.82) is 0 Å². The van der Waals surface area contributed by atoms with E-state index in [1.807, 2.05) is 6.92 Å². The van der Waals surface area contributed by atoms with Gasteiger partial charge in [0.15, 0.2) is 0 Å². The Morgan fingerprint density at radius 1 is 1.27 bits per heavy atom. The molecule has 88 valence electrons. The molecule has 0 bridgehead atoms. The average molecular weight is 214 g/mol. The van der Waals surface area contributed by atoms with Crippen molar-refractivity contribution in [3.63, 3.8) is 0 Å². The summed E-state index contributed by atoms with van der Waals surface area (Å²) in [4.78, 5) is 11.2. The van der Waals surface area contributed by atoms with Gasteiger partial charge < -0.3 is 9.47 Å². The molecule has 0 aliphatic heterocycles. The molecule has 0 saturated carbocycles. The van der Waals surface area contributed by atoms with Gasteiger partial charge in [0.05, 0.1) is 13.2 Å². The smallest absolute Gasteiger partial charge is 0.333 e. The van der Waals surface area contributed by atoms with Crippen LogP contribution in [0.4, 0.5) is 0 Å². The molecular formula is C12H22O3. The van der Waals surface area contributed by atoms with Crippen molar-refractivity contribution in [2.45, 2.75) is 34.6 Å². The molecule has 0 aliphatic carbocycles. The van der Waals surface area contributed by atoms with Gasteiger partial charge in [0.1, 0.15) is 6.61 Å². The molecule has 0 fully saturated rings. The fourth-order valence-corrected chi connectivity index (χ4v) is 0.803. The van der Waals surface area contributed by atoms with Crippen LogP contribution in [0.3, 0.4) is 0 Å². The van der Waals surface area contributed by atoms with Gasteiger partial charge in [0.2, 0.25) is 0 Å². The molecule has 0 unspecified atom stereocenters. The fraction of sp³-hybridized carbons (Fsp3) is 0.750. The topological polar surface area (TPSA) is 35.5 Å². The highest BCUT2D eigenvalue weighted by Crippen LogP contribution is 2.12. The largest absolute Gasteiger partial charge is 0.460 e. The number of rotatable bonds is 5. The highest BCUT2D eigenvalue weighted by atomic mass is 16.6. The first-order chi connectivity index (χ1) is 6.87. The first kappa shape index (κ1) is 14.2. The Balaban J connectivity index is 3.52. The van der Waals surface area contributed by atoms with E-state index >= 15 is 0 Å². The van der Waals surface area contributed by atoms with Crippen molar-refractivity contribution in [2.75, 3.05) is 19.8 Å². The van der Waals surface area contributed by atoms with Crippen LogP contribution in [0.1, 0.15) is 34.6 Å². The molecule has 0 atom stereocenters. The highest BCUT2D eigenvalue weighted by molar-refractivity contribution is 5.87. The van der Waals surface area contributed by atoms with Crippen LogP contribution in [0.15, 0.2) is 11.6 Å². The van der Waals surface area contributed by atoms with E-state index in [0.29, 0.717) is 25.4 Å². The average Bonchev–Trinajstić information content (AvgIpc) is 2.14. The lowest BCUT2D eigenvalue weighted by Crippen LogP contribution is -2.18. The maximum atomic E-state index is 11.2. The third-order valence-corrected chi connectivity index (χ3v) is 1.75. The molecule has 0 aliphatic rings. The fourth-order valence-electron chi connectivity index (χ4n) is 0.803. The SMILES string of the molecule is CC=C(C)C(=O)OCCOCC(C)(C)C. The van der Waals surface area contributed by atoms with Crippen LogP contribution in [0.2, 0.25) is 0 Å². The third kappa shape index (κ3) is 8.18. The van der Waals surface area contributed by atoms with Gasteiger partial charge >= 0.3 is 5.97 Å². The number of hydrogen-bond donors (Lipinski definition) is 0. The van der Waals surface area contributed by atoms with Gasteiger partial charge in [-0.1, -0.05) is 26.8 Å². The predicted octanol–water partition coefficient (Wildman–Crippen LogP) is 2.56. The summed E-state index contributed by atoms with van der Waals surface area (Å²) < 4.78 is 10.3. The Kier molecular flexibility index (Phi) is 6.25. The van der Waals surface area contributed by atoms with Gasteiger partial charge in [-0.05, 0) is 19.3 Å². The number of allylic oxidation sites excluding steroid dienone is 1. The zero-order valence-electron chi connectivity index (χ0n) is 10.4. The predicted molar refractivity (Wildman–Crippen MR) is 60.7 cm³/mol. The number of carbonyl (C=O) groups excluding carboxylic acids is 1. The van der Waals surface area contributed by atoms with Crippen LogP contribution < -0.4 is 0 Å². The second-order valence-corrected chi connectivity index (χ2v) is 4.72. The standard InChI is InChI=1S/C12H22O3/c1-6-10(2)11(13)15-8-7-14-9-12(3,4)5/h6H,7-9H2,1-5H3. The van der Waals surface area contributed by atoms with E-state index in [2.05, 4.69) is 20.8 Å². The molecule has 0 heterocycles. The van der Waals surface area contributed by atoms with Crippen LogP contribution in [-0.2, 0) is 14.3 Å². The zero-order chi connectivity index (χ0) is 11.9. The molecule has 0 N–H and O–H groups in total. The molecule has 3 heteroatoms. The van der Waals surface area contributed by atoms with Gasteiger partial charge in [-0.2, -0.15) is 0 Å². The summed E-state index contributed by atoms with van der Waals surface area (Å²) in [5.74, 6) is -0.267. The maximum Gasteiger partial charge on any atom is 0.333 e. The molecule has 0 aromatic rings. The Morgan fingerprint density at radius 2 is 1.87 bits per heavy atom. The number of carbonyl (C=O) groups is 1. The highest BCUT2D eigenvalue weighted by Gasteiger charge is 2.10. The summed E-state index contributed by atoms with van der Waals surface area (Å²) in [5.41, 5.74) is 0.786. The third-order valence-electron chi connectivity index (χ3n) is 1.75. The van der Waals surface area contributed by atoms with E-state index < -0.39 is 0 Å². The molecule has 3 nitrogen and oxygen atoms in total. The van der Waals surface area contributed by atoms with Gasteiger partial charge in [0.25, 0.3) is 0 Å². The molecule has 0 spiro atoms. The second kappa shape index (κ2) is 6.62. The first-order valence-electron chi connectivity index (χ1n) is 5.24. The van der Waals surface area contributed by atoms with Crippen molar-refractivity contribution < 1.29 is 14.3 Å². The Labute approximate surface area is 92.5 Å². The number of ether oxygens (including phenoxy) is 2. The quantitative estimate of drug-likeness (QED) is 0.401. The van der Waals surface area contributed by atoms with E-state index in [0.717, 1.165) is 0 Å². The normalized spacial score (nSPS) is 12.7. The number of hydrogen-bond acceptors (Lipinski definition) is 3. The van der Waals surface area contributed by atoms with Crippen LogP contribution in [-0.4, -0.2) is 25.8 Å². The second-order valence-electron chi connectivity index (χ2n) is 4.72. The van der Waals surface area contributed by atoms with Gasteiger partial charge in [-0.15, -0.1) is 0 Å². The summed E-state index contributed by atoms with van der Waals surface area (Å²) in [7, 11) is 0. The molecule has 0 amide bonds. The van der Waals surface area contributed by atoms with Crippen molar-refractivity contribution in [3.8, 4) is 0 Å². The minimum absolute atomic E-state index is 0.156. The zero-order valence-corrected chi connectivity index (χ0v) is 10.4. The molecule has 0 radical (unpaired) electrons. The minimum Gasteiger partial charge on any atom is -0.460 e. The lowest BCUT2D eigenvalue weighted by atomic mass is 9.99. The lowest BCUT2D eigenvalue weighted by molar-refractivity contribution is -0.140. The number of esters is 1. The monoisotopic (exact) mass is 214 g/mol. The minimum atomic E-state index is -0.267. The molecule has 0 rings (SSSR count). The Morgan fingerprint density at radius 3 is 2.33 bits per heavy atom. The summed E-state index contributed by atoms with van der Waals surface area (Å²) in [5, 5.41) is 0. The van der Waals surface area contributed by atoms with Gasteiger partial charge in [-0.25, -0.2) is 4.79 Å². The van der Waals surface area contributed by atoms with Crippen molar-refractivity contribution in [1.82, 2.24) is 0 Å². The van der Waals surface area contributed by atoms with Gasteiger partial charge in [0, 0.05) is 5.57 Å². The lowest BCUT2D eigenvalue weighted by Gasteiger charge is -2.17. The van der Waals surface area contributed by atoms with Gasteiger partial charge in [-0.3, -0.25) is 0 Å². The molecule has 0 aromatic carbocycles. The van der Waals surface area contributed by atoms with Crippen LogP contribution in [0, 0.1) is 5.41 Å². The first-order valence-corrected chi connectivity index (χ1v) is 5.24. The summed E-state index contributed by atoms with van der Waals surface area (Å²) in [6.45, 7) is 11.3. The van der Waals surface area contributed by atoms with Crippen molar-refractivity contribution >= 4 is 5.97 Å².